The molecule has 2 aromatic rings. The van der Waals surface area contributed by atoms with E-state index in [0.717, 1.165) is 12.1 Å². The standard InChI is InChI=1S/C12H10BrFN4O3/c1-2-16-11-5-15-6-12(17-11)21-10-4-8(14)7(13)3-9(10)18(19)20/h3-6H,2H2,1H3,(H,16,17). The molecule has 21 heavy (non-hydrogen) atoms. The second-order valence-electron chi connectivity index (χ2n) is 3.87. The van der Waals surface area contributed by atoms with Crippen molar-refractivity contribution in [2.75, 3.05) is 11.9 Å². The first kappa shape index (κ1) is 15.1. The van der Waals surface area contributed by atoms with Crippen LogP contribution >= 0.6 is 15.9 Å². The number of hydrogen-bond donors (Lipinski definition) is 1. The average Bonchev–Trinajstić information content (AvgIpc) is 2.43. The van der Waals surface area contributed by atoms with Crippen LogP contribution in [0.15, 0.2) is 29.0 Å². The van der Waals surface area contributed by atoms with Gasteiger partial charge in [0.05, 0.1) is 21.8 Å². The molecule has 0 saturated carbocycles. The van der Waals surface area contributed by atoms with Crippen molar-refractivity contribution in [1.29, 1.82) is 0 Å². The molecule has 0 fully saturated rings. The topological polar surface area (TPSA) is 90.2 Å². The number of rotatable bonds is 5. The van der Waals surface area contributed by atoms with Gasteiger partial charge in [-0.15, -0.1) is 0 Å². The van der Waals surface area contributed by atoms with Crippen LogP contribution in [0, 0.1) is 15.9 Å². The summed E-state index contributed by atoms with van der Waals surface area (Å²) in [6.07, 6.45) is 2.76. The molecule has 0 spiro atoms. The van der Waals surface area contributed by atoms with E-state index in [1.165, 1.54) is 12.4 Å². The zero-order valence-electron chi connectivity index (χ0n) is 10.8. The summed E-state index contributed by atoms with van der Waals surface area (Å²) in [5, 5.41) is 13.9. The van der Waals surface area contributed by atoms with Crippen molar-refractivity contribution in [2.45, 2.75) is 6.92 Å². The Hall–Kier alpha value is -2.29. The summed E-state index contributed by atoms with van der Waals surface area (Å²) in [5.74, 6) is -0.441. The van der Waals surface area contributed by atoms with E-state index in [9.17, 15) is 14.5 Å². The monoisotopic (exact) mass is 356 g/mol. The Labute approximate surface area is 127 Å². The third kappa shape index (κ3) is 3.63. The molecule has 1 aromatic heterocycles. The number of nitro benzene ring substituents is 1. The summed E-state index contributed by atoms with van der Waals surface area (Å²) < 4.78 is 18.8. The summed E-state index contributed by atoms with van der Waals surface area (Å²) in [7, 11) is 0. The van der Waals surface area contributed by atoms with Gasteiger partial charge < -0.3 is 10.1 Å². The Balaban J connectivity index is 2.36. The summed E-state index contributed by atoms with van der Waals surface area (Å²) in [6, 6.07) is 1.95. The first-order chi connectivity index (χ1) is 10.0. The zero-order chi connectivity index (χ0) is 15.4. The molecule has 0 radical (unpaired) electrons. The molecule has 110 valence electrons. The molecule has 7 nitrogen and oxygen atoms in total. The minimum absolute atomic E-state index is 0.0194. The number of nitrogens with zero attached hydrogens (tertiary/aromatic N) is 3. The minimum Gasteiger partial charge on any atom is -0.430 e. The minimum atomic E-state index is -0.675. The van der Waals surface area contributed by atoms with Crippen LogP contribution in [0.25, 0.3) is 0 Å². The van der Waals surface area contributed by atoms with Crippen LogP contribution in [0.4, 0.5) is 15.9 Å². The number of nitrogens with one attached hydrogen (secondary N) is 1. The van der Waals surface area contributed by atoms with Gasteiger partial charge in [-0.3, -0.25) is 15.1 Å². The van der Waals surface area contributed by atoms with Gasteiger partial charge in [0, 0.05) is 18.7 Å². The predicted octanol–water partition coefficient (Wildman–Crippen LogP) is 3.51. The number of ether oxygens (including phenoxy) is 1. The molecule has 1 aromatic carbocycles. The molecule has 0 amide bonds. The maximum Gasteiger partial charge on any atom is 0.312 e. The fraction of sp³-hybridized carbons (Fsp3) is 0.167. The second-order valence-corrected chi connectivity index (χ2v) is 4.72. The van der Waals surface area contributed by atoms with E-state index in [-0.39, 0.29) is 21.8 Å². The normalized spacial score (nSPS) is 10.2. The van der Waals surface area contributed by atoms with Crippen LogP contribution in [0.1, 0.15) is 6.92 Å². The lowest BCUT2D eigenvalue weighted by molar-refractivity contribution is -0.385. The summed E-state index contributed by atoms with van der Waals surface area (Å²) in [4.78, 5) is 18.3. The van der Waals surface area contributed by atoms with Gasteiger partial charge in [0.1, 0.15) is 11.6 Å². The number of benzene rings is 1. The molecule has 0 saturated heterocycles. The van der Waals surface area contributed by atoms with Crippen molar-refractivity contribution in [1.82, 2.24) is 9.97 Å². The molecule has 0 atom stereocenters. The van der Waals surface area contributed by atoms with Crippen LogP contribution < -0.4 is 10.1 Å². The predicted molar refractivity (Wildman–Crippen MR) is 77.0 cm³/mol. The molecule has 0 bridgehead atoms. The lowest BCUT2D eigenvalue weighted by atomic mass is 10.3. The van der Waals surface area contributed by atoms with Crippen molar-refractivity contribution in [3.63, 3.8) is 0 Å². The molecular formula is C12H10BrFN4O3. The van der Waals surface area contributed by atoms with Crippen molar-refractivity contribution < 1.29 is 14.1 Å². The van der Waals surface area contributed by atoms with Crippen LogP contribution in [-0.4, -0.2) is 21.4 Å². The number of aromatic nitrogens is 2. The fourth-order valence-corrected chi connectivity index (χ4v) is 1.85. The SMILES string of the molecule is CCNc1cncc(Oc2cc(F)c(Br)cc2[N+](=O)[O-])n1. The van der Waals surface area contributed by atoms with Crippen molar-refractivity contribution >= 4 is 27.4 Å². The largest absolute Gasteiger partial charge is 0.430 e. The van der Waals surface area contributed by atoms with Gasteiger partial charge in [0.25, 0.3) is 0 Å². The number of nitro groups is 1. The van der Waals surface area contributed by atoms with E-state index < -0.39 is 10.7 Å². The van der Waals surface area contributed by atoms with E-state index >= 15 is 0 Å². The van der Waals surface area contributed by atoms with Crippen molar-refractivity contribution in [3.8, 4) is 11.6 Å². The molecule has 9 heteroatoms. The van der Waals surface area contributed by atoms with Gasteiger partial charge in [-0.2, -0.15) is 4.98 Å². The number of halogens is 2. The maximum absolute atomic E-state index is 13.5. The van der Waals surface area contributed by atoms with E-state index in [1.54, 1.807) is 0 Å². The van der Waals surface area contributed by atoms with Gasteiger partial charge in [0.15, 0.2) is 0 Å². The smallest absolute Gasteiger partial charge is 0.312 e. The van der Waals surface area contributed by atoms with Gasteiger partial charge in [-0.25, -0.2) is 4.39 Å². The Morgan fingerprint density at radius 3 is 2.90 bits per heavy atom. The lowest BCUT2D eigenvalue weighted by Crippen LogP contribution is -2.01. The first-order valence-electron chi connectivity index (χ1n) is 5.88. The molecule has 0 aliphatic rings. The molecular weight excluding hydrogens is 347 g/mol. The summed E-state index contributed by atoms with van der Waals surface area (Å²) in [6.45, 7) is 2.51. The molecule has 2 rings (SSSR count). The molecule has 1 heterocycles. The summed E-state index contributed by atoms with van der Waals surface area (Å²) in [5.41, 5.74) is -0.376. The van der Waals surface area contributed by atoms with E-state index in [4.69, 9.17) is 4.74 Å². The van der Waals surface area contributed by atoms with Gasteiger partial charge in [-0.1, -0.05) is 0 Å². The lowest BCUT2D eigenvalue weighted by Gasteiger charge is -2.08. The van der Waals surface area contributed by atoms with Crippen LogP contribution in [0.3, 0.4) is 0 Å². The van der Waals surface area contributed by atoms with Crippen LogP contribution in [0.5, 0.6) is 11.6 Å². The summed E-state index contributed by atoms with van der Waals surface area (Å²) >= 11 is 2.89. The third-order valence-corrected chi connectivity index (χ3v) is 2.99. The Bertz CT molecular complexity index is 684. The molecule has 0 unspecified atom stereocenters. The Morgan fingerprint density at radius 2 is 2.24 bits per heavy atom. The fourth-order valence-electron chi connectivity index (χ4n) is 1.52. The third-order valence-electron chi connectivity index (χ3n) is 2.38. The van der Waals surface area contributed by atoms with Gasteiger partial charge in [0.2, 0.25) is 11.6 Å². The first-order valence-corrected chi connectivity index (χ1v) is 6.67. The average molecular weight is 357 g/mol. The molecule has 0 aliphatic heterocycles. The highest BCUT2D eigenvalue weighted by Crippen LogP contribution is 2.34. The highest BCUT2D eigenvalue weighted by atomic mass is 79.9. The van der Waals surface area contributed by atoms with Crippen molar-refractivity contribution in [3.05, 3.63) is 44.9 Å². The zero-order valence-corrected chi connectivity index (χ0v) is 12.4. The Morgan fingerprint density at radius 1 is 1.48 bits per heavy atom. The maximum atomic E-state index is 13.5. The Kier molecular flexibility index (Phi) is 4.63. The van der Waals surface area contributed by atoms with E-state index in [2.05, 4.69) is 31.2 Å². The van der Waals surface area contributed by atoms with Gasteiger partial charge >= 0.3 is 5.69 Å². The number of hydrogen-bond acceptors (Lipinski definition) is 6. The van der Waals surface area contributed by atoms with E-state index in [1.807, 2.05) is 6.92 Å². The van der Waals surface area contributed by atoms with Gasteiger partial charge in [-0.05, 0) is 22.9 Å². The molecule has 1 N–H and O–H groups in total. The highest BCUT2D eigenvalue weighted by molar-refractivity contribution is 9.10. The number of anilines is 1. The van der Waals surface area contributed by atoms with Crippen molar-refractivity contribution in [2.24, 2.45) is 0 Å². The second kappa shape index (κ2) is 6.44. The van der Waals surface area contributed by atoms with Crippen LogP contribution in [-0.2, 0) is 0 Å². The highest BCUT2D eigenvalue weighted by Gasteiger charge is 2.20. The van der Waals surface area contributed by atoms with Crippen LogP contribution in [0.2, 0.25) is 0 Å². The quantitative estimate of drug-likeness (QED) is 0.651. The van der Waals surface area contributed by atoms with E-state index in [0.29, 0.717) is 12.4 Å². The molecule has 0 aliphatic carbocycles.